The Kier molecular flexibility index (Phi) is 21.5. The summed E-state index contributed by atoms with van der Waals surface area (Å²) in [6.07, 6.45) is 10.2. The summed E-state index contributed by atoms with van der Waals surface area (Å²) in [5.41, 5.74) is 11.9. The lowest BCUT2D eigenvalue weighted by Crippen LogP contribution is -2.59. The van der Waals surface area contributed by atoms with Crippen LogP contribution in [0.15, 0.2) is 0 Å². The molecule has 0 fully saturated rings. The molecule has 1 aromatic rings. The number of hydrogen-bond acceptors (Lipinski definition) is 12. The van der Waals surface area contributed by atoms with Crippen LogP contribution in [0.5, 0.6) is 0 Å². The van der Waals surface area contributed by atoms with Gasteiger partial charge in [0.05, 0.1) is 39.5 Å². The highest BCUT2D eigenvalue weighted by molar-refractivity contribution is 5.38. The SMILES string of the molecule is CCCCOC(CC(OCCCC)(OCCCC)OCCCC)C(Nc1nc(N)nc(N)n1)(OCCCC)OCCCC. The van der Waals surface area contributed by atoms with E-state index in [4.69, 9.17) is 39.9 Å². The number of hydrogen-bond donors (Lipinski definition) is 3. The Morgan fingerprint density at radius 1 is 0.558 bits per heavy atom. The second-order valence-corrected chi connectivity index (χ2v) is 10.8. The van der Waals surface area contributed by atoms with Crippen LogP contribution in [0.1, 0.15) is 125 Å². The molecule has 0 saturated carbocycles. The van der Waals surface area contributed by atoms with E-state index in [2.05, 4.69) is 61.8 Å². The third kappa shape index (κ3) is 15.6. The van der Waals surface area contributed by atoms with E-state index in [1.165, 1.54) is 0 Å². The maximum atomic E-state index is 6.63. The quantitative estimate of drug-likeness (QED) is 0.0673. The maximum Gasteiger partial charge on any atom is 0.285 e. The molecule has 0 aliphatic heterocycles. The Morgan fingerprint density at radius 3 is 1.33 bits per heavy atom. The van der Waals surface area contributed by atoms with Crippen LogP contribution in [-0.4, -0.2) is 72.6 Å². The standard InChI is InChI=1S/C31H62N6O6/c1-7-13-19-38-26(25-30(39-20-14-8-2,40-21-15-9-3)41-22-16-10-4)31(42-23-17-11-5,43-24-18-12-6)37-29-35-27(32)34-28(33)36-29/h26H,7-25H2,1-6H3,(H5,32,33,34,35,36,37). The van der Waals surface area contributed by atoms with Gasteiger partial charge in [-0.1, -0.05) is 80.1 Å². The number of anilines is 3. The minimum atomic E-state index is -1.53. The molecule has 0 aliphatic rings. The molecule has 0 amide bonds. The molecule has 1 unspecified atom stereocenters. The van der Waals surface area contributed by atoms with E-state index in [1.807, 2.05) is 0 Å². The Balaban J connectivity index is 3.72. The summed E-state index contributed by atoms with van der Waals surface area (Å²) in [4.78, 5) is 12.5. The van der Waals surface area contributed by atoms with Gasteiger partial charge < -0.3 is 45.2 Å². The molecule has 12 nitrogen and oxygen atoms in total. The second kappa shape index (κ2) is 23.5. The zero-order valence-corrected chi connectivity index (χ0v) is 28.0. The van der Waals surface area contributed by atoms with Gasteiger partial charge in [-0.15, -0.1) is 0 Å². The summed E-state index contributed by atoms with van der Waals surface area (Å²) >= 11 is 0. The molecule has 0 radical (unpaired) electrons. The van der Waals surface area contributed by atoms with Gasteiger partial charge in [0.2, 0.25) is 17.8 Å². The minimum absolute atomic E-state index is 0.0162. The number of nitrogen functional groups attached to an aromatic ring is 2. The lowest BCUT2D eigenvalue weighted by molar-refractivity contribution is -0.402. The van der Waals surface area contributed by atoms with Crippen molar-refractivity contribution in [3.05, 3.63) is 0 Å². The average molecular weight is 615 g/mol. The summed E-state index contributed by atoms with van der Waals surface area (Å²) in [6.45, 7) is 15.4. The Hall–Kier alpha value is -1.83. The lowest BCUT2D eigenvalue weighted by Gasteiger charge is -2.44. The van der Waals surface area contributed by atoms with Crippen LogP contribution in [0.2, 0.25) is 0 Å². The predicted octanol–water partition coefficient (Wildman–Crippen LogP) is 6.41. The molecule has 5 N–H and O–H groups in total. The fraction of sp³-hybridized carbons (Fsp3) is 0.903. The van der Waals surface area contributed by atoms with E-state index < -0.39 is 18.0 Å². The third-order valence-corrected chi connectivity index (χ3v) is 6.72. The summed E-state index contributed by atoms with van der Waals surface area (Å²) in [5, 5.41) is 3.29. The zero-order chi connectivity index (χ0) is 31.8. The van der Waals surface area contributed by atoms with Crippen LogP contribution in [-0.2, 0) is 28.4 Å². The van der Waals surface area contributed by atoms with Crippen molar-refractivity contribution in [3.8, 4) is 0 Å². The molecule has 1 atom stereocenters. The Morgan fingerprint density at radius 2 is 0.930 bits per heavy atom. The van der Waals surface area contributed by atoms with E-state index in [0.29, 0.717) is 39.6 Å². The highest BCUT2D eigenvalue weighted by atomic mass is 16.9. The largest absolute Gasteiger partial charge is 0.370 e. The molecule has 0 spiro atoms. The number of unbranched alkanes of at least 4 members (excludes halogenated alkanes) is 6. The number of ether oxygens (including phenoxy) is 6. The van der Waals surface area contributed by atoms with Crippen LogP contribution >= 0.6 is 0 Å². The van der Waals surface area contributed by atoms with Gasteiger partial charge in [0, 0.05) is 6.61 Å². The van der Waals surface area contributed by atoms with E-state index in [1.54, 1.807) is 0 Å². The molecule has 0 saturated heterocycles. The van der Waals surface area contributed by atoms with Crippen molar-refractivity contribution in [2.24, 2.45) is 0 Å². The molecule has 0 aliphatic carbocycles. The second-order valence-electron chi connectivity index (χ2n) is 10.8. The van der Waals surface area contributed by atoms with Crippen molar-refractivity contribution < 1.29 is 28.4 Å². The normalized spacial score (nSPS) is 13.0. The van der Waals surface area contributed by atoms with Crippen LogP contribution in [0, 0.1) is 0 Å². The number of rotatable bonds is 29. The minimum Gasteiger partial charge on any atom is -0.370 e. The fourth-order valence-corrected chi connectivity index (χ4v) is 4.06. The molecule has 43 heavy (non-hydrogen) atoms. The topological polar surface area (TPSA) is 158 Å². The molecule has 252 valence electrons. The first-order valence-electron chi connectivity index (χ1n) is 16.7. The predicted molar refractivity (Wildman–Crippen MR) is 171 cm³/mol. The van der Waals surface area contributed by atoms with Crippen LogP contribution in [0.25, 0.3) is 0 Å². The summed E-state index contributed by atoms with van der Waals surface area (Å²) in [7, 11) is 0. The van der Waals surface area contributed by atoms with E-state index in [0.717, 1.165) is 77.0 Å². The van der Waals surface area contributed by atoms with Crippen molar-refractivity contribution in [1.82, 2.24) is 15.0 Å². The van der Waals surface area contributed by atoms with Gasteiger partial charge in [0.25, 0.3) is 11.9 Å². The van der Waals surface area contributed by atoms with Crippen LogP contribution in [0.3, 0.4) is 0 Å². The van der Waals surface area contributed by atoms with Gasteiger partial charge in [-0.2, -0.15) is 15.0 Å². The van der Waals surface area contributed by atoms with Gasteiger partial charge in [0.1, 0.15) is 6.10 Å². The molecular weight excluding hydrogens is 552 g/mol. The maximum absolute atomic E-state index is 6.63. The molecule has 12 heteroatoms. The molecule has 1 heterocycles. The molecule has 1 aromatic heterocycles. The van der Waals surface area contributed by atoms with Gasteiger partial charge in [-0.3, -0.25) is 0 Å². The number of aromatic nitrogens is 3. The monoisotopic (exact) mass is 614 g/mol. The van der Waals surface area contributed by atoms with Crippen molar-refractivity contribution in [2.75, 3.05) is 56.4 Å². The van der Waals surface area contributed by atoms with E-state index in [-0.39, 0.29) is 24.3 Å². The Labute approximate surface area is 260 Å². The molecule has 0 aromatic carbocycles. The highest BCUT2D eigenvalue weighted by Gasteiger charge is 2.50. The van der Waals surface area contributed by atoms with Gasteiger partial charge in [-0.25, -0.2) is 0 Å². The van der Waals surface area contributed by atoms with Crippen molar-refractivity contribution in [1.29, 1.82) is 0 Å². The first-order chi connectivity index (χ1) is 20.8. The van der Waals surface area contributed by atoms with Crippen LogP contribution < -0.4 is 16.8 Å². The number of nitrogens with two attached hydrogens (primary N) is 2. The summed E-state index contributed by atoms with van der Waals surface area (Å²) in [6, 6.07) is 0. The third-order valence-electron chi connectivity index (χ3n) is 6.72. The first-order valence-corrected chi connectivity index (χ1v) is 16.7. The van der Waals surface area contributed by atoms with Crippen molar-refractivity contribution >= 4 is 17.8 Å². The summed E-state index contributed by atoms with van der Waals surface area (Å²) < 4.78 is 39.3. The molecule has 0 bridgehead atoms. The fourth-order valence-electron chi connectivity index (χ4n) is 4.06. The number of nitrogens with zero attached hydrogens (tertiary/aromatic N) is 3. The lowest BCUT2D eigenvalue weighted by atomic mass is 10.1. The molecule has 1 rings (SSSR count). The number of nitrogens with one attached hydrogen (secondary N) is 1. The summed E-state index contributed by atoms with van der Waals surface area (Å²) in [5.74, 6) is -2.81. The molecular formula is C31H62N6O6. The van der Waals surface area contributed by atoms with Gasteiger partial charge in [-0.05, 0) is 38.5 Å². The van der Waals surface area contributed by atoms with E-state index in [9.17, 15) is 0 Å². The zero-order valence-electron chi connectivity index (χ0n) is 28.0. The van der Waals surface area contributed by atoms with Gasteiger partial charge in [0.15, 0.2) is 0 Å². The van der Waals surface area contributed by atoms with Crippen molar-refractivity contribution in [2.45, 2.75) is 143 Å². The average Bonchev–Trinajstić information content (AvgIpc) is 2.97. The van der Waals surface area contributed by atoms with E-state index >= 15 is 0 Å². The van der Waals surface area contributed by atoms with Gasteiger partial charge >= 0.3 is 0 Å². The van der Waals surface area contributed by atoms with Crippen LogP contribution in [0.4, 0.5) is 17.8 Å². The van der Waals surface area contributed by atoms with Crippen molar-refractivity contribution in [3.63, 3.8) is 0 Å². The Bertz CT molecular complexity index is 764. The smallest absolute Gasteiger partial charge is 0.285 e. The highest BCUT2D eigenvalue weighted by Crippen LogP contribution is 2.34. The first kappa shape index (κ1) is 39.2.